The molecule has 5 heteroatoms. The molecule has 0 N–H and O–H groups in total. The molecule has 0 fully saturated rings. The molecule has 0 saturated heterocycles. The number of carbonyl (C=O) groups is 1. The van der Waals surface area contributed by atoms with E-state index in [2.05, 4.69) is 4.74 Å². The Morgan fingerprint density at radius 1 is 1.57 bits per heavy atom. The molecule has 0 bridgehead atoms. The standard InChI is InChI=1S/C9H10O5/c1-6(10)14-9-5-13-7(4-12-2)3-8(9)11/h3,5H,4H2,1-2H3. The maximum absolute atomic E-state index is 11.3. The normalized spacial score (nSPS) is 9.86. The lowest BCUT2D eigenvalue weighted by Crippen LogP contribution is -2.11. The van der Waals surface area contributed by atoms with Gasteiger partial charge in [-0.1, -0.05) is 0 Å². The van der Waals surface area contributed by atoms with E-state index >= 15 is 0 Å². The van der Waals surface area contributed by atoms with Crippen LogP contribution >= 0.6 is 0 Å². The molecule has 0 spiro atoms. The number of hydrogen-bond acceptors (Lipinski definition) is 5. The van der Waals surface area contributed by atoms with Crippen LogP contribution in [-0.2, 0) is 16.1 Å². The van der Waals surface area contributed by atoms with Crippen molar-refractivity contribution in [3.63, 3.8) is 0 Å². The highest BCUT2D eigenvalue weighted by molar-refractivity contribution is 5.68. The molecule has 0 unspecified atom stereocenters. The second-order valence-electron chi connectivity index (χ2n) is 2.60. The first-order valence-corrected chi connectivity index (χ1v) is 3.92. The van der Waals surface area contributed by atoms with Gasteiger partial charge in [-0.05, 0) is 0 Å². The van der Waals surface area contributed by atoms with E-state index < -0.39 is 11.4 Å². The molecular weight excluding hydrogens is 188 g/mol. The molecule has 1 heterocycles. The zero-order valence-electron chi connectivity index (χ0n) is 7.90. The molecule has 1 aromatic rings. The summed E-state index contributed by atoms with van der Waals surface area (Å²) in [4.78, 5) is 21.8. The second-order valence-corrected chi connectivity index (χ2v) is 2.60. The minimum absolute atomic E-state index is 0.114. The molecule has 76 valence electrons. The van der Waals surface area contributed by atoms with Crippen LogP contribution in [0.4, 0.5) is 0 Å². The molecule has 1 aromatic heterocycles. The summed E-state index contributed by atoms with van der Waals surface area (Å²) >= 11 is 0. The number of hydrogen-bond donors (Lipinski definition) is 0. The molecule has 14 heavy (non-hydrogen) atoms. The Labute approximate surface area is 80.2 Å². The van der Waals surface area contributed by atoms with Crippen LogP contribution in [0.5, 0.6) is 5.75 Å². The van der Waals surface area contributed by atoms with Gasteiger partial charge in [-0.3, -0.25) is 9.59 Å². The third-order valence-electron chi connectivity index (χ3n) is 1.39. The van der Waals surface area contributed by atoms with E-state index in [0.717, 1.165) is 6.26 Å². The summed E-state index contributed by atoms with van der Waals surface area (Å²) in [5.74, 6) is -0.289. The van der Waals surface area contributed by atoms with Crippen LogP contribution in [0.1, 0.15) is 12.7 Å². The quantitative estimate of drug-likeness (QED) is 0.669. The average molecular weight is 198 g/mol. The minimum Gasteiger partial charge on any atom is -0.463 e. The van der Waals surface area contributed by atoms with Gasteiger partial charge in [0, 0.05) is 20.1 Å². The van der Waals surface area contributed by atoms with Gasteiger partial charge in [0.05, 0.1) is 0 Å². The molecular formula is C9H10O5. The molecule has 0 atom stereocenters. The summed E-state index contributed by atoms with van der Waals surface area (Å²) in [7, 11) is 1.49. The van der Waals surface area contributed by atoms with Crippen molar-refractivity contribution in [2.45, 2.75) is 13.5 Å². The Morgan fingerprint density at radius 2 is 2.29 bits per heavy atom. The number of methoxy groups -OCH3 is 1. The Hall–Kier alpha value is -1.62. The average Bonchev–Trinajstić information content (AvgIpc) is 2.10. The van der Waals surface area contributed by atoms with Gasteiger partial charge < -0.3 is 13.9 Å². The van der Waals surface area contributed by atoms with Crippen LogP contribution in [0, 0.1) is 0 Å². The van der Waals surface area contributed by atoms with Gasteiger partial charge in [0.25, 0.3) is 0 Å². The number of carbonyl (C=O) groups excluding carboxylic acids is 1. The lowest BCUT2D eigenvalue weighted by atomic mass is 10.4. The highest BCUT2D eigenvalue weighted by Gasteiger charge is 2.06. The van der Waals surface area contributed by atoms with Gasteiger partial charge in [0.1, 0.15) is 18.6 Å². The van der Waals surface area contributed by atoms with E-state index in [0.29, 0.717) is 5.76 Å². The van der Waals surface area contributed by atoms with E-state index in [1.165, 1.54) is 20.1 Å². The van der Waals surface area contributed by atoms with Crippen molar-refractivity contribution >= 4 is 5.97 Å². The van der Waals surface area contributed by atoms with E-state index in [-0.39, 0.29) is 12.4 Å². The van der Waals surface area contributed by atoms with Crippen molar-refractivity contribution < 1.29 is 18.7 Å². The summed E-state index contributed by atoms with van der Waals surface area (Å²) < 4.78 is 14.3. The monoisotopic (exact) mass is 198 g/mol. The fraction of sp³-hybridized carbons (Fsp3) is 0.333. The maximum atomic E-state index is 11.3. The van der Waals surface area contributed by atoms with E-state index in [1.54, 1.807) is 0 Å². The van der Waals surface area contributed by atoms with Gasteiger partial charge in [0.2, 0.25) is 11.2 Å². The summed E-state index contributed by atoms with van der Waals surface area (Å²) in [6, 6.07) is 1.22. The summed E-state index contributed by atoms with van der Waals surface area (Å²) in [5.41, 5.74) is -0.404. The van der Waals surface area contributed by atoms with Gasteiger partial charge in [-0.25, -0.2) is 0 Å². The largest absolute Gasteiger partial charge is 0.463 e. The Kier molecular flexibility index (Phi) is 3.41. The lowest BCUT2D eigenvalue weighted by Gasteiger charge is -2.01. The van der Waals surface area contributed by atoms with Gasteiger partial charge in [-0.15, -0.1) is 0 Å². The van der Waals surface area contributed by atoms with Crippen LogP contribution < -0.4 is 10.2 Å². The highest BCUT2D eigenvalue weighted by atomic mass is 16.5. The van der Waals surface area contributed by atoms with Crippen molar-refractivity contribution in [1.82, 2.24) is 0 Å². The van der Waals surface area contributed by atoms with Gasteiger partial charge in [-0.2, -0.15) is 0 Å². The van der Waals surface area contributed by atoms with Gasteiger partial charge in [0.15, 0.2) is 0 Å². The molecule has 0 aliphatic carbocycles. The number of ether oxygens (including phenoxy) is 2. The van der Waals surface area contributed by atoms with Crippen LogP contribution in [0.25, 0.3) is 0 Å². The van der Waals surface area contributed by atoms with Crippen molar-refractivity contribution in [1.29, 1.82) is 0 Å². The highest BCUT2D eigenvalue weighted by Crippen LogP contribution is 2.06. The zero-order chi connectivity index (χ0) is 10.6. The molecule has 5 nitrogen and oxygen atoms in total. The van der Waals surface area contributed by atoms with Gasteiger partial charge >= 0.3 is 5.97 Å². The summed E-state index contributed by atoms with van der Waals surface area (Å²) in [6.45, 7) is 1.41. The molecule has 0 aliphatic rings. The first-order valence-electron chi connectivity index (χ1n) is 3.92. The first-order chi connectivity index (χ1) is 6.63. The number of rotatable bonds is 3. The first kappa shape index (κ1) is 10.5. The molecule has 0 saturated carbocycles. The summed E-state index contributed by atoms with van der Waals surface area (Å²) in [6.07, 6.45) is 1.10. The fourth-order valence-corrected chi connectivity index (χ4v) is 0.886. The maximum Gasteiger partial charge on any atom is 0.308 e. The lowest BCUT2D eigenvalue weighted by molar-refractivity contribution is -0.132. The predicted molar refractivity (Wildman–Crippen MR) is 47.0 cm³/mol. The Morgan fingerprint density at radius 3 is 2.79 bits per heavy atom. The minimum atomic E-state index is -0.559. The molecule has 1 rings (SSSR count). The van der Waals surface area contributed by atoms with Crippen molar-refractivity contribution in [3.05, 3.63) is 28.3 Å². The van der Waals surface area contributed by atoms with Crippen molar-refractivity contribution in [2.24, 2.45) is 0 Å². The SMILES string of the molecule is COCc1cc(=O)c(OC(C)=O)co1. The van der Waals surface area contributed by atoms with Crippen LogP contribution in [-0.4, -0.2) is 13.1 Å². The Bertz CT molecular complexity index is 379. The van der Waals surface area contributed by atoms with E-state index in [4.69, 9.17) is 9.15 Å². The molecule has 0 amide bonds. The van der Waals surface area contributed by atoms with E-state index in [1.807, 2.05) is 0 Å². The van der Waals surface area contributed by atoms with Crippen molar-refractivity contribution in [3.8, 4) is 5.75 Å². The van der Waals surface area contributed by atoms with Crippen LogP contribution in [0.3, 0.4) is 0 Å². The smallest absolute Gasteiger partial charge is 0.308 e. The third-order valence-corrected chi connectivity index (χ3v) is 1.39. The summed E-state index contributed by atoms with van der Waals surface area (Å²) in [5, 5.41) is 0. The van der Waals surface area contributed by atoms with E-state index in [9.17, 15) is 9.59 Å². The predicted octanol–water partition coefficient (Wildman–Crippen LogP) is 0.711. The third kappa shape index (κ3) is 2.70. The molecule has 0 aromatic carbocycles. The molecule has 0 aliphatic heterocycles. The molecule has 0 radical (unpaired) electrons. The van der Waals surface area contributed by atoms with Crippen LogP contribution in [0.15, 0.2) is 21.5 Å². The fourth-order valence-electron chi connectivity index (χ4n) is 0.886. The number of esters is 1. The Balaban J connectivity index is 2.90. The van der Waals surface area contributed by atoms with Crippen LogP contribution in [0.2, 0.25) is 0 Å². The second kappa shape index (κ2) is 4.57. The zero-order valence-corrected chi connectivity index (χ0v) is 7.90. The van der Waals surface area contributed by atoms with Crippen molar-refractivity contribution in [2.75, 3.05) is 7.11 Å². The topological polar surface area (TPSA) is 65.7 Å².